The van der Waals surface area contributed by atoms with Crippen LogP contribution in [-0.2, 0) is 11.2 Å². The third kappa shape index (κ3) is 3.24. The molecule has 3 heteroatoms. The van der Waals surface area contributed by atoms with E-state index in [4.69, 9.17) is 9.47 Å². The predicted molar refractivity (Wildman–Crippen MR) is 73.2 cm³/mol. The zero-order valence-electron chi connectivity index (χ0n) is 11.4. The van der Waals surface area contributed by atoms with Gasteiger partial charge in [-0.3, -0.25) is 0 Å². The number of rotatable bonds is 7. The van der Waals surface area contributed by atoms with Crippen molar-refractivity contribution in [1.29, 1.82) is 0 Å². The van der Waals surface area contributed by atoms with Crippen LogP contribution in [0.1, 0.15) is 36.9 Å². The summed E-state index contributed by atoms with van der Waals surface area (Å²) in [6, 6.07) is 6.89. The van der Waals surface area contributed by atoms with E-state index in [1.807, 2.05) is 6.92 Å². The number of ether oxygens (including phenoxy) is 2. The number of aryl methyl sites for hydroxylation is 1. The van der Waals surface area contributed by atoms with Crippen LogP contribution in [0.4, 0.5) is 0 Å². The number of nitrogens with one attached hydrogen (secondary N) is 1. The molecule has 1 N–H and O–H groups in total. The Bertz CT molecular complexity index is 379. The van der Waals surface area contributed by atoms with Gasteiger partial charge in [-0.2, -0.15) is 0 Å². The fourth-order valence-corrected chi connectivity index (χ4v) is 2.51. The maximum Gasteiger partial charge on any atom is 0.119 e. The summed E-state index contributed by atoms with van der Waals surface area (Å²) < 4.78 is 10.6. The van der Waals surface area contributed by atoms with Crippen LogP contribution < -0.4 is 10.1 Å². The van der Waals surface area contributed by atoms with Crippen molar-refractivity contribution in [2.75, 3.05) is 26.9 Å². The van der Waals surface area contributed by atoms with Crippen LogP contribution in [0, 0.1) is 0 Å². The lowest BCUT2D eigenvalue weighted by Crippen LogP contribution is -2.21. The number of benzene rings is 1. The van der Waals surface area contributed by atoms with Gasteiger partial charge in [-0.15, -0.1) is 0 Å². The van der Waals surface area contributed by atoms with E-state index in [0.717, 1.165) is 31.9 Å². The first-order valence-electron chi connectivity index (χ1n) is 6.83. The topological polar surface area (TPSA) is 30.5 Å². The number of fused-ring (bicyclic) bond motifs is 1. The number of methoxy groups -OCH3 is 1. The normalized spacial score (nSPS) is 17.8. The molecule has 1 atom stereocenters. The van der Waals surface area contributed by atoms with Gasteiger partial charge in [-0.05, 0) is 56.0 Å². The predicted octanol–water partition coefficient (Wildman–Crippen LogP) is 2.70. The van der Waals surface area contributed by atoms with Gasteiger partial charge in [0.25, 0.3) is 0 Å². The summed E-state index contributed by atoms with van der Waals surface area (Å²) in [7, 11) is 1.72. The Morgan fingerprint density at radius 2 is 2.28 bits per heavy atom. The molecule has 0 aromatic heterocycles. The van der Waals surface area contributed by atoms with Crippen molar-refractivity contribution in [2.24, 2.45) is 0 Å². The minimum absolute atomic E-state index is 0.483. The zero-order chi connectivity index (χ0) is 12.8. The first-order chi connectivity index (χ1) is 8.85. The highest BCUT2D eigenvalue weighted by Crippen LogP contribution is 2.33. The zero-order valence-corrected chi connectivity index (χ0v) is 11.4. The van der Waals surface area contributed by atoms with E-state index < -0.39 is 0 Å². The molecule has 0 aliphatic heterocycles. The minimum atomic E-state index is 0.483. The molecule has 1 aromatic rings. The Morgan fingerprint density at radius 3 is 3.06 bits per heavy atom. The Kier molecular flexibility index (Phi) is 5.02. The maximum atomic E-state index is 5.34. The standard InChI is InChI=1S/C15H23NO2/c1-3-18-10-4-9-16-15-8-6-12-5-7-13(17-2)11-14(12)15/h5,7,11,15-16H,3-4,6,8-10H2,1-2H3. The van der Waals surface area contributed by atoms with Crippen LogP contribution in [0.15, 0.2) is 18.2 Å². The molecule has 1 aromatic carbocycles. The number of hydrogen-bond acceptors (Lipinski definition) is 3. The molecular weight excluding hydrogens is 226 g/mol. The summed E-state index contributed by atoms with van der Waals surface area (Å²) in [6.45, 7) is 4.71. The molecule has 0 saturated heterocycles. The first kappa shape index (κ1) is 13.4. The van der Waals surface area contributed by atoms with Crippen molar-refractivity contribution < 1.29 is 9.47 Å². The molecule has 100 valence electrons. The second-order valence-corrected chi connectivity index (χ2v) is 4.66. The van der Waals surface area contributed by atoms with E-state index >= 15 is 0 Å². The summed E-state index contributed by atoms with van der Waals surface area (Å²) in [5.74, 6) is 0.955. The van der Waals surface area contributed by atoms with Crippen molar-refractivity contribution in [3.8, 4) is 5.75 Å². The van der Waals surface area contributed by atoms with Crippen LogP contribution in [0.5, 0.6) is 5.75 Å². The van der Waals surface area contributed by atoms with Gasteiger partial charge < -0.3 is 14.8 Å². The fourth-order valence-electron chi connectivity index (χ4n) is 2.51. The van der Waals surface area contributed by atoms with E-state index in [-0.39, 0.29) is 0 Å². The van der Waals surface area contributed by atoms with E-state index in [9.17, 15) is 0 Å². The third-order valence-electron chi connectivity index (χ3n) is 3.49. The molecule has 0 radical (unpaired) electrons. The summed E-state index contributed by atoms with van der Waals surface area (Å²) in [6.07, 6.45) is 3.43. The van der Waals surface area contributed by atoms with Gasteiger partial charge in [-0.25, -0.2) is 0 Å². The van der Waals surface area contributed by atoms with E-state index in [0.29, 0.717) is 6.04 Å². The Morgan fingerprint density at radius 1 is 1.39 bits per heavy atom. The quantitative estimate of drug-likeness (QED) is 0.754. The molecule has 2 rings (SSSR count). The highest BCUT2D eigenvalue weighted by Gasteiger charge is 2.22. The average molecular weight is 249 g/mol. The van der Waals surface area contributed by atoms with Crippen molar-refractivity contribution >= 4 is 0 Å². The van der Waals surface area contributed by atoms with Crippen molar-refractivity contribution in [1.82, 2.24) is 5.32 Å². The largest absolute Gasteiger partial charge is 0.497 e. The SMILES string of the molecule is CCOCCCNC1CCc2ccc(OC)cc21. The molecule has 3 nitrogen and oxygen atoms in total. The molecule has 0 saturated carbocycles. The minimum Gasteiger partial charge on any atom is -0.497 e. The molecular formula is C15H23NO2. The number of hydrogen-bond donors (Lipinski definition) is 1. The van der Waals surface area contributed by atoms with E-state index in [1.54, 1.807) is 7.11 Å². The molecule has 0 spiro atoms. The van der Waals surface area contributed by atoms with Gasteiger partial charge in [0.15, 0.2) is 0 Å². The van der Waals surface area contributed by atoms with Gasteiger partial charge in [0, 0.05) is 19.3 Å². The van der Waals surface area contributed by atoms with Gasteiger partial charge in [0.05, 0.1) is 7.11 Å². The molecule has 1 unspecified atom stereocenters. The van der Waals surface area contributed by atoms with E-state index in [2.05, 4.69) is 23.5 Å². The molecule has 1 aliphatic carbocycles. The highest BCUT2D eigenvalue weighted by atomic mass is 16.5. The van der Waals surface area contributed by atoms with Crippen LogP contribution in [-0.4, -0.2) is 26.9 Å². The Labute approximate surface area is 109 Å². The first-order valence-corrected chi connectivity index (χ1v) is 6.83. The Balaban J connectivity index is 1.86. The van der Waals surface area contributed by atoms with Crippen LogP contribution in [0.2, 0.25) is 0 Å². The van der Waals surface area contributed by atoms with Crippen molar-refractivity contribution in [2.45, 2.75) is 32.2 Å². The summed E-state index contributed by atoms with van der Waals surface area (Å²) in [5, 5.41) is 3.61. The third-order valence-corrected chi connectivity index (χ3v) is 3.49. The Hall–Kier alpha value is -1.06. The van der Waals surface area contributed by atoms with E-state index in [1.165, 1.54) is 24.0 Å². The average Bonchev–Trinajstić information content (AvgIpc) is 2.81. The fraction of sp³-hybridized carbons (Fsp3) is 0.600. The second-order valence-electron chi connectivity index (χ2n) is 4.66. The lowest BCUT2D eigenvalue weighted by Gasteiger charge is -2.14. The van der Waals surface area contributed by atoms with Gasteiger partial charge in [0.2, 0.25) is 0 Å². The highest BCUT2D eigenvalue weighted by molar-refractivity contribution is 5.40. The second kappa shape index (κ2) is 6.76. The lowest BCUT2D eigenvalue weighted by atomic mass is 10.1. The molecule has 0 bridgehead atoms. The molecule has 0 amide bonds. The summed E-state index contributed by atoms with van der Waals surface area (Å²) in [5.41, 5.74) is 2.86. The summed E-state index contributed by atoms with van der Waals surface area (Å²) >= 11 is 0. The lowest BCUT2D eigenvalue weighted by molar-refractivity contribution is 0.144. The monoisotopic (exact) mass is 249 g/mol. The van der Waals surface area contributed by atoms with Crippen molar-refractivity contribution in [3.05, 3.63) is 29.3 Å². The molecule has 18 heavy (non-hydrogen) atoms. The molecule has 0 fully saturated rings. The van der Waals surface area contributed by atoms with Crippen LogP contribution >= 0.6 is 0 Å². The molecule has 0 heterocycles. The van der Waals surface area contributed by atoms with Crippen molar-refractivity contribution in [3.63, 3.8) is 0 Å². The van der Waals surface area contributed by atoms with Gasteiger partial charge in [-0.1, -0.05) is 6.07 Å². The van der Waals surface area contributed by atoms with Gasteiger partial charge >= 0.3 is 0 Å². The van der Waals surface area contributed by atoms with Gasteiger partial charge in [0.1, 0.15) is 5.75 Å². The molecule has 1 aliphatic rings. The van der Waals surface area contributed by atoms with Crippen LogP contribution in [0.25, 0.3) is 0 Å². The van der Waals surface area contributed by atoms with Crippen LogP contribution in [0.3, 0.4) is 0 Å². The smallest absolute Gasteiger partial charge is 0.119 e. The maximum absolute atomic E-state index is 5.34. The summed E-state index contributed by atoms with van der Waals surface area (Å²) in [4.78, 5) is 0.